The minimum atomic E-state index is -3.73. The molecule has 1 aliphatic carbocycles. The van der Waals surface area contributed by atoms with E-state index in [0.717, 1.165) is 29.7 Å². The lowest BCUT2D eigenvalue weighted by Gasteiger charge is -2.31. The molecule has 2 aromatic carbocycles. The Balaban J connectivity index is 1.28. The lowest BCUT2D eigenvalue weighted by atomic mass is 9.99. The smallest absolute Gasteiger partial charge is 0.243 e. The molecule has 0 bridgehead atoms. The van der Waals surface area contributed by atoms with Gasteiger partial charge in [-0.1, -0.05) is 30.3 Å². The maximum atomic E-state index is 13.5. The fourth-order valence-corrected chi connectivity index (χ4v) is 6.66. The third-order valence-electron chi connectivity index (χ3n) is 7.13. The van der Waals surface area contributed by atoms with Gasteiger partial charge in [0.05, 0.1) is 10.8 Å². The van der Waals surface area contributed by atoms with E-state index < -0.39 is 10.0 Å². The molecule has 7 nitrogen and oxygen atoms in total. The van der Waals surface area contributed by atoms with Gasteiger partial charge in [0.25, 0.3) is 0 Å². The number of carbonyl (C=O) groups excluding carboxylic acids is 2. The number of amides is 2. The summed E-state index contributed by atoms with van der Waals surface area (Å²) in [7, 11) is -3.73. The fraction of sp³-hybridized carbons (Fsp3) is 0.462. The summed E-state index contributed by atoms with van der Waals surface area (Å²) in [6.45, 7) is 3.03. The van der Waals surface area contributed by atoms with Gasteiger partial charge in [-0.05, 0) is 68.4 Å². The van der Waals surface area contributed by atoms with E-state index in [-0.39, 0.29) is 41.1 Å². The topological polar surface area (TPSA) is 86.8 Å². The van der Waals surface area contributed by atoms with E-state index in [9.17, 15) is 18.0 Å². The molecular formula is C26H31N3O4S. The molecule has 2 heterocycles. The van der Waals surface area contributed by atoms with Crippen LogP contribution >= 0.6 is 0 Å². The Bertz CT molecular complexity index is 1190. The van der Waals surface area contributed by atoms with Gasteiger partial charge in [-0.2, -0.15) is 4.31 Å². The van der Waals surface area contributed by atoms with Crippen molar-refractivity contribution in [3.05, 3.63) is 59.7 Å². The zero-order valence-corrected chi connectivity index (χ0v) is 20.3. The second kappa shape index (κ2) is 9.15. The van der Waals surface area contributed by atoms with Crippen LogP contribution in [0.25, 0.3) is 0 Å². The third kappa shape index (κ3) is 4.49. The molecule has 1 saturated heterocycles. The first-order valence-corrected chi connectivity index (χ1v) is 13.6. The summed E-state index contributed by atoms with van der Waals surface area (Å²) in [5, 5.41) is 2.95. The number of hydrogen-bond acceptors (Lipinski definition) is 4. The first kappa shape index (κ1) is 23.1. The van der Waals surface area contributed by atoms with Gasteiger partial charge >= 0.3 is 0 Å². The van der Waals surface area contributed by atoms with Crippen molar-refractivity contribution in [2.24, 2.45) is 11.8 Å². The van der Waals surface area contributed by atoms with Gasteiger partial charge in [0.1, 0.15) is 0 Å². The number of benzene rings is 2. The molecular weight excluding hydrogens is 450 g/mol. The van der Waals surface area contributed by atoms with Gasteiger partial charge < -0.3 is 10.2 Å². The minimum absolute atomic E-state index is 0.0359. The Kier molecular flexibility index (Phi) is 6.20. The lowest BCUT2D eigenvalue weighted by molar-refractivity contribution is -0.126. The Morgan fingerprint density at radius 3 is 2.53 bits per heavy atom. The summed E-state index contributed by atoms with van der Waals surface area (Å²) >= 11 is 0. The van der Waals surface area contributed by atoms with Crippen molar-refractivity contribution < 1.29 is 18.0 Å². The highest BCUT2D eigenvalue weighted by Crippen LogP contribution is 2.40. The summed E-state index contributed by atoms with van der Waals surface area (Å²) < 4.78 is 28.4. The molecule has 2 amide bonds. The molecule has 2 aromatic rings. The molecule has 34 heavy (non-hydrogen) atoms. The number of piperidine rings is 1. The van der Waals surface area contributed by atoms with Crippen LogP contribution in [0.3, 0.4) is 0 Å². The van der Waals surface area contributed by atoms with E-state index in [4.69, 9.17) is 0 Å². The largest absolute Gasteiger partial charge is 0.352 e. The van der Waals surface area contributed by atoms with Crippen molar-refractivity contribution in [1.82, 2.24) is 9.62 Å². The molecule has 5 rings (SSSR count). The quantitative estimate of drug-likeness (QED) is 0.687. The van der Waals surface area contributed by atoms with Crippen molar-refractivity contribution in [3.63, 3.8) is 0 Å². The Morgan fingerprint density at radius 1 is 1.03 bits per heavy atom. The monoisotopic (exact) mass is 481 g/mol. The van der Waals surface area contributed by atoms with E-state index >= 15 is 0 Å². The van der Waals surface area contributed by atoms with E-state index in [1.807, 2.05) is 42.2 Å². The highest BCUT2D eigenvalue weighted by atomic mass is 32.2. The molecule has 3 aliphatic rings. The average molecular weight is 482 g/mol. The van der Waals surface area contributed by atoms with Gasteiger partial charge in [0.2, 0.25) is 21.8 Å². The molecule has 180 valence electrons. The summed E-state index contributed by atoms with van der Waals surface area (Å²) in [5.41, 5.74) is 2.75. The first-order chi connectivity index (χ1) is 16.3. The molecule has 2 fully saturated rings. The molecule has 0 spiro atoms. The van der Waals surface area contributed by atoms with Crippen LogP contribution in [0.15, 0.2) is 53.4 Å². The predicted octanol–water partition coefficient (Wildman–Crippen LogP) is 3.09. The van der Waals surface area contributed by atoms with Crippen LogP contribution in [-0.4, -0.2) is 43.7 Å². The summed E-state index contributed by atoms with van der Waals surface area (Å²) in [6.07, 6.45) is 3.86. The highest BCUT2D eigenvalue weighted by molar-refractivity contribution is 7.89. The maximum absolute atomic E-state index is 13.5. The predicted molar refractivity (Wildman–Crippen MR) is 130 cm³/mol. The van der Waals surface area contributed by atoms with E-state index in [1.54, 1.807) is 18.2 Å². The standard InChI is InChI=1S/C26H31N3O4S/c1-18-14-22-15-23(11-12-24(22)29(18)26(31)20-9-10-20)34(32,33)28-13-5-8-21(17-28)25(30)27-16-19-6-3-2-4-7-19/h2-4,6-7,11-12,15,18,20-21H,5,8-10,13-14,16-17H2,1H3,(H,27,30)/t18-,21+/m1/s1. The van der Waals surface area contributed by atoms with Crippen LogP contribution in [-0.2, 0) is 32.6 Å². The van der Waals surface area contributed by atoms with E-state index in [0.29, 0.717) is 32.4 Å². The zero-order valence-electron chi connectivity index (χ0n) is 19.4. The molecule has 2 atom stereocenters. The van der Waals surface area contributed by atoms with Gasteiger partial charge in [0.15, 0.2) is 0 Å². The number of carbonyl (C=O) groups is 2. The van der Waals surface area contributed by atoms with Crippen LogP contribution in [0.1, 0.15) is 43.7 Å². The Labute approximate surface area is 201 Å². The number of anilines is 1. The lowest BCUT2D eigenvalue weighted by Crippen LogP contribution is -2.45. The van der Waals surface area contributed by atoms with Gasteiger partial charge in [-0.3, -0.25) is 9.59 Å². The van der Waals surface area contributed by atoms with Crippen LogP contribution in [0, 0.1) is 11.8 Å². The van der Waals surface area contributed by atoms with Crippen molar-refractivity contribution in [3.8, 4) is 0 Å². The van der Waals surface area contributed by atoms with Crippen molar-refractivity contribution >= 4 is 27.5 Å². The Hall–Kier alpha value is -2.71. The normalized spacial score (nSPS) is 22.9. The number of rotatable bonds is 6. The maximum Gasteiger partial charge on any atom is 0.243 e. The average Bonchev–Trinajstić information content (AvgIpc) is 3.64. The van der Waals surface area contributed by atoms with Crippen LogP contribution < -0.4 is 10.2 Å². The van der Waals surface area contributed by atoms with Crippen LogP contribution in [0.4, 0.5) is 5.69 Å². The SMILES string of the molecule is C[C@@H]1Cc2cc(S(=O)(=O)N3CCC[C@H](C(=O)NCc4ccccc4)C3)ccc2N1C(=O)C1CC1. The Morgan fingerprint density at radius 2 is 1.79 bits per heavy atom. The number of fused-ring (bicyclic) bond motifs is 1. The second-order valence-electron chi connectivity index (χ2n) is 9.73. The zero-order chi connectivity index (χ0) is 23.9. The number of nitrogens with zero attached hydrogens (tertiary/aromatic N) is 2. The van der Waals surface area contributed by atoms with Gasteiger partial charge in [-0.25, -0.2) is 8.42 Å². The highest BCUT2D eigenvalue weighted by Gasteiger charge is 2.40. The molecule has 2 aliphatic heterocycles. The summed E-state index contributed by atoms with van der Waals surface area (Å²) in [6, 6.07) is 14.8. The number of sulfonamides is 1. The van der Waals surface area contributed by atoms with Gasteiger partial charge in [-0.15, -0.1) is 0 Å². The van der Waals surface area contributed by atoms with E-state index in [2.05, 4.69) is 5.32 Å². The summed E-state index contributed by atoms with van der Waals surface area (Å²) in [4.78, 5) is 27.6. The molecule has 0 unspecified atom stereocenters. The fourth-order valence-electron chi connectivity index (χ4n) is 5.08. The van der Waals surface area contributed by atoms with Crippen molar-refractivity contribution in [2.45, 2.75) is 56.5 Å². The first-order valence-electron chi connectivity index (χ1n) is 12.1. The van der Waals surface area contributed by atoms with Gasteiger partial charge in [0, 0.05) is 37.3 Å². The van der Waals surface area contributed by atoms with Crippen LogP contribution in [0.2, 0.25) is 0 Å². The molecule has 1 N–H and O–H groups in total. The minimum Gasteiger partial charge on any atom is -0.352 e. The van der Waals surface area contributed by atoms with E-state index in [1.165, 1.54) is 4.31 Å². The van der Waals surface area contributed by atoms with Crippen molar-refractivity contribution in [1.29, 1.82) is 0 Å². The molecule has 8 heteroatoms. The van der Waals surface area contributed by atoms with Crippen molar-refractivity contribution in [2.75, 3.05) is 18.0 Å². The number of hydrogen-bond donors (Lipinski definition) is 1. The summed E-state index contributed by atoms with van der Waals surface area (Å²) in [5.74, 6) is -0.202. The second-order valence-corrected chi connectivity index (χ2v) is 11.7. The molecule has 0 radical (unpaired) electrons. The molecule has 1 saturated carbocycles. The molecule has 0 aromatic heterocycles. The number of nitrogens with one attached hydrogen (secondary N) is 1. The third-order valence-corrected chi connectivity index (χ3v) is 8.99. The van der Waals surface area contributed by atoms with Crippen LogP contribution in [0.5, 0.6) is 0 Å².